The van der Waals surface area contributed by atoms with Crippen LogP contribution in [-0.4, -0.2) is 0 Å². The Bertz CT molecular complexity index is 544. The molecule has 0 heterocycles. The summed E-state index contributed by atoms with van der Waals surface area (Å²) in [5, 5.41) is 3.06. The second-order valence-corrected chi connectivity index (χ2v) is 7.86. The first-order chi connectivity index (χ1) is 10.3. The Hall–Kier alpha value is -1.30. The molecule has 0 fully saturated rings. The summed E-state index contributed by atoms with van der Waals surface area (Å²) < 4.78 is 0. The lowest BCUT2D eigenvalue weighted by Crippen LogP contribution is -2.03. The highest BCUT2D eigenvalue weighted by atomic mass is 14.2. The normalized spacial score (nSPS) is 12.4. The van der Waals surface area contributed by atoms with Crippen LogP contribution in [0.1, 0.15) is 101 Å². The van der Waals surface area contributed by atoms with Crippen LogP contribution in [0.3, 0.4) is 0 Å². The Labute approximate surface area is 136 Å². The molecule has 0 aliphatic carbocycles. The Morgan fingerprint density at radius 3 is 0.727 bits per heavy atom. The second kappa shape index (κ2) is 6.44. The molecule has 0 aliphatic heterocycles. The summed E-state index contributed by atoms with van der Waals surface area (Å²) in [7, 11) is 0. The van der Waals surface area contributed by atoms with E-state index < -0.39 is 0 Å². The van der Waals surface area contributed by atoms with Gasteiger partial charge in [0.05, 0.1) is 0 Å². The van der Waals surface area contributed by atoms with E-state index in [-0.39, 0.29) is 0 Å². The molecule has 0 aromatic heterocycles. The molecule has 2 rings (SSSR count). The van der Waals surface area contributed by atoms with Crippen LogP contribution in [-0.2, 0) is 0 Å². The van der Waals surface area contributed by atoms with Crippen LogP contribution in [0.15, 0.2) is 24.3 Å². The van der Waals surface area contributed by atoms with Crippen LogP contribution in [0, 0.1) is 0 Å². The zero-order chi connectivity index (χ0) is 16.6. The van der Waals surface area contributed by atoms with Crippen molar-refractivity contribution in [1.82, 2.24) is 0 Å². The lowest BCUT2D eigenvalue weighted by atomic mass is 9.81. The fourth-order valence-corrected chi connectivity index (χ4v) is 3.53. The molecule has 0 heteroatoms. The van der Waals surface area contributed by atoms with Crippen molar-refractivity contribution in [2.75, 3.05) is 0 Å². The van der Waals surface area contributed by atoms with Gasteiger partial charge in [-0.1, -0.05) is 79.7 Å². The zero-order valence-electron chi connectivity index (χ0n) is 15.6. The Morgan fingerprint density at radius 1 is 0.409 bits per heavy atom. The van der Waals surface area contributed by atoms with Gasteiger partial charge in [0, 0.05) is 0 Å². The van der Waals surface area contributed by atoms with Gasteiger partial charge in [-0.15, -0.1) is 0 Å². The molecule has 120 valence electrons. The average molecular weight is 296 g/mol. The van der Waals surface area contributed by atoms with Crippen molar-refractivity contribution in [3.63, 3.8) is 0 Å². The monoisotopic (exact) mass is 296 g/mol. The summed E-state index contributed by atoms with van der Waals surface area (Å²) in [5.74, 6) is 2.24. The summed E-state index contributed by atoms with van der Waals surface area (Å²) in [5.41, 5.74) is 6.02. The van der Waals surface area contributed by atoms with E-state index in [0.29, 0.717) is 23.7 Å². The molecule has 0 saturated heterocycles. The molecule has 0 atom stereocenters. The SMILES string of the molecule is CC(C)c1ccc(C(C)C)c2c(C(C)C)ccc(C(C)C)c12. The van der Waals surface area contributed by atoms with E-state index in [2.05, 4.69) is 79.7 Å². The van der Waals surface area contributed by atoms with E-state index in [1.807, 2.05) is 0 Å². The summed E-state index contributed by atoms with van der Waals surface area (Å²) in [4.78, 5) is 0. The average Bonchev–Trinajstić information content (AvgIpc) is 2.43. The van der Waals surface area contributed by atoms with Crippen LogP contribution in [0.25, 0.3) is 10.8 Å². The van der Waals surface area contributed by atoms with Gasteiger partial charge < -0.3 is 0 Å². The van der Waals surface area contributed by atoms with Crippen molar-refractivity contribution in [2.24, 2.45) is 0 Å². The smallest absolute Gasteiger partial charge is 0.0109 e. The van der Waals surface area contributed by atoms with E-state index >= 15 is 0 Å². The van der Waals surface area contributed by atoms with Gasteiger partial charge in [0.1, 0.15) is 0 Å². The van der Waals surface area contributed by atoms with E-state index in [1.165, 1.54) is 33.0 Å². The van der Waals surface area contributed by atoms with Gasteiger partial charge >= 0.3 is 0 Å². The van der Waals surface area contributed by atoms with E-state index in [9.17, 15) is 0 Å². The maximum atomic E-state index is 2.37. The fraction of sp³-hybridized carbons (Fsp3) is 0.545. The molecule has 0 aliphatic rings. The molecule has 0 spiro atoms. The van der Waals surface area contributed by atoms with Crippen LogP contribution in [0.4, 0.5) is 0 Å². The summed E-state index contributed by atoms with van der Waals surface area (Å²) in [6, 6.07) is 9.49. The van der Waals surface area contributed by atoms with Crippen LogP contribution < -0.4 is 0 Å². The third-order valence-electron chi connectivity index (χ3n) is 4.78. The van der Waals surface area contributed by atoms with Crippen molar-refractivity contribution < 1.29 is 0 Å². The van der Waals surface area contributed by atoms with Crippen molar-refractivity contribution >= 4 is 10.8 Å². The molecule has 22 heavy (non-hydrogen) atoms. The largest absolute Gasteiger partial charge is 0.0587 e. The molecule has 0 amide bonds. The third-order valence-corrected chi connectivity index (χ3v) is 4.78. The van der Waals surface area contributed by atoms with Gasteiger partial charge in [0.2, 0.25) is 0 Å². The molecule has 2 aromatic carbocycles. The van der Waals surface area contributed by atoms with Gasteiger partial charge in [0.15, 0.2) is 0 Å². The van der Waals surface area contributed by atoms with Gasteiger partial charge in [0.25, 0.3) is 0 Å². The van der Waals surface area contributed by atoms with Crippen molar-refractivity contribution in [3.05, 3.63) is 46.5 Å². The molecule has 0 radical (unpaired) electrons. The minimum atomic E-state index is 0.559. The molecule has 0 unspecified atom stereocenters. The minimum absolute atomic E-state index is 0.559. The lowest BCUT2D eigenvalue weighted by molar-refractivity contribution is 0.831. The number of hydrogen-bond donors (Lipinski definition) is 0. The highest BCUT2D eigenvalue weighted by Crippen LogP contribution is 2.40. The Kier molecular flexibility index (Phi) is 5.00. The fourth-order valence-electron chi connectivity index (χ4n) is 3.53. The molecule has 2 aromatic rings. The van der Waals surface area contributed by atoms with Crippen LogP contribution in [0.5, 0.6) is 0 Å². The topological polar surface area (TPSA) is 0 Å². The number of benzene rings is 2. The maximum Gasteiger partial charge on any atom is -0.0109 e. The first-order valence-corrected chi connectivity index (χ1v) is 8.84. The first-order valence-electron chi connectivity index (χ1n) is 8.84. The Morgan fingerprint density at radius 2 is 0.591 bits per heavy atom. The summed E-state index contributed by atoms with van der Waals surface area (Å²) in [6.07, 6.45) is 0. The van der Waals surface area contributed by atoms with Crippen LogP contribution >= 0.6 is 0 Å². The molecule has 0 saturated carbocycles. The third kappa shape index (κ3) is 2.93. The van der Waals surface area contributed by atoms with Gasteiger partial charge in [-0.05, 0) is 56.7 Å². The molecule has 0 N–H and O–H groups in total. The predicted molar refractivity (Wildman–Crippen MR) is 100 cm³/mol. The predicted octanol–water partition coefficient (Wildman–Crippen LogP) is 7.33. The van der Waals surface area contributed by atoms with E-state index in [0.717, 1.165) is 0 Å². The molecular formula is C22H32. The molecule has 0 bridgehead atoms. The van der Waals surface area contributed by atoms with Gasteiger partial charge in [-0.2, -0.15) is 0 Å². The zero-order valence-corrected chi connectivity index (χ0v) is 15.6. The summed E-state index contributed by atoms with van der Waals surface area (Å²) >= 11 is 0. The highest BCUT2D eigenvalue weighted by Gasteiger charge is 2.19. The lowest BCUT2D eigenvalue weighted by Gasteiger charge is -2.24. The van der Waals surface area contributed by atoms with Crippen LogP contribution in [0.2, 0.25) is 0 Å². The Balaban J connectivity index is 3.03. The number of rotatable bonds is 4. The molecular weight excluding hydrogens is 264 g/mol. The van der Waals surface area contributed by atoms with E-state index in [1.54, 1.807) is 0 Å². The maximum absolute atomic E-state index is 2.37. The van der Waals surface area contributed by atoms with Crippen molar-refractivity contribution in [2.45, 2.75) is 79.1 Å². The highest BCUT2D eigenvalue weighted by molar-refractivity contribution is 5.95. The molecule has 0 nitrogen and oxygen atoms in total. The van der Waals surface area contributed by atoms with Crippen molar-refractivity contribution in [1.29, 1.82) is 0 Å². The first kappa shape index (κ1) is 17.1. The van der Waals surface area contributed by atoms with E-state index in [4.69, 9.17) is 0 Å². The van der Waals surface area contributed by atoms with Gasteiger partial charge in [-0.3, -0.25) is 0 Å². The minimum Gasteiger partial charge on any atom is -0.0587 e. The summed E-state index contributed by atoms with van der Waals surface area (Å²) in [6.45, 7) is 18.5. The van der Waals surface area contributed by atoms with Crippen molar-refractivity contribution in [3.8, 4) is 0 Å². The number of fused-ring (bicyclic) bond motifs is 1. The second-order valence-electron chi connectivity index (χ2n) is 7.86. The number of hydrogen-bond acceptors (Lipinski definition) is 0. The van der Waals surface area contributed by atoms with Gasteiger partial charge in [-0.25, -0.2) is 0 Å². The quantitative estimate of drug-likeness (QED) is 0.554. The standard InChI is InChI=1S/C22H32/c1-13(2)17-9-10-19(15(5)6)22-20(16(7)8)12-11-18(14(3)4)21(17)22/h9-16H,1-8H3.